The van der Waals surface area contributed by atoms with Crippen molar-refractivity contribution in [3.8, 4) is 11.3 Å². The van der Waals surface area contributed by atoms with Crippen molar-refractivity contribution >= 4 is 16.7 Å². The molecule has 0 saturated heterocycles. The highest BCUT2D eigenvalue weighted by molar-refractivity contribution is 5.94. The Balaban J connectivity index is 1.46. The van der Waals surface area contributed by atoms with Crippen molar-refractivity contribution in [3.05, 3.63) is 64.4 Å². The highest BCUT2D eigenvalue weighted by Gasteiger charge is 2.54. The van der Waals surface area contributed by atoms with E-state index in [1.54, 1.807) is 6.07 Å². The molecule has 1 N–H and O–H groups in total. The lowest BCUT2D eigenvalue weighted by Crippen LogP contribution is -2.53. The van der Waals surface area contributed by atoms with Crippen molar-refractivity contribution in [2.24, 2.45) is 23.2 Å². The van der Waals surface area contributed by atoms with Crippen LogP contribution in [0.3, 0.4) is 0 Å². The number of aromatic nitrogens is 2. The number of rotatable bonds is 4. The zero-order valence-corrected chi connectivity index (χ0v) is 18.4. The van der Waals surface area contributed by atoms with Crippen LogP contribution in [0.1, 0.15) is 45.1 Å². The Labute approximate surface area is 182 Å². The third kappa shape index (κ3) is 3.36. The van der Waals surface area contributed by atoms with Crippen molar-refractivity contribution in [2.45, 2.75) is 46.5 Å². The van der Waals surface area contributed by atoms with E-state index in [1.165, 1.54) is 12.8 Å². The summed E-state index contributed by atoms with van der Waals surface area (Å²) in [6.45, 7) is 6.70. The summed E-state index contributed by atoms with van der Waals surface area (Å²) in [4.78, 5) is 27.1. The molecule has 2 aromatic carbocycles. The van der Waals surface area contributed by atoms with Crippen LogP contribution in [0.15, 0.2) is 53.3 Å². The molecule has 3 saturated carbocycles. The van der Waals surface area contributed by atoms with Gasteiger partial charge in [0.1, 0.15) is 5.69 Å². The van der Waals surface area contributed by atoms with E-state index < -0.39 is 0 Å². The van der Waals surface area contributed by atoms with Crippen LogP contribution in [0.2, 0.25) is 0 Å². The summed E-state index contributed by atoms with van der Waals surface area (Å²) in [5, 5.41) is 5.90. The maximum Gasteiger partial charge on any atom is 0.294 e. The van der Waals surface area contributed by atoms with E-state index in [9.17, 15) is 9.59 Å². The average Bonchev–Trinajstić information content (AvgIpc) is 2.76. The van der Waals surface area contributed by atoms with Crippen LogP contribution in [0.5, 0.6) is 0 Å². The van der Waals surface area contributed by atoms with E-state index >= 15 is 0 Å². The lowest BCUT2D eigenvalue weighted by atomic mass is 9.45. The van der Waals surface area contributed by atoms with E-state index in [2.05, 4.69) is 24.4 Å². The predicted octanol–water partition coefficient (Wildman–Crippen LogP) is 4.90. The standard InChI is InChI=1S/C26H29N3O2/c1-16-8-10-17(11-9-16)24-20-6-4-5-7-21(20)25(31)29(28-24)27-23(30)14-18-12-13-19-15-22(18)26(19,2)3/h4-11,18-19,22H,12-15H2,1-3H3,(H,27,30)/t18-,19-,22+/m0/s1. The van der Waals surface area contributed by atoms with Crippen LogP contribution in [-0.4, -0.2) is 15.8 Å². The fourth-order valence-corrected chi connectivity index (χ4v) is 5.80. The summed E-state index contributed by atoms with van der Waals surface area (Å²) < 4.78 is 0. The highest BCUT2D eigenvalue weighted by atomic mass is 16.2. The Hall–Kier alpha value is -2.95. The minimum atomic E-state index is -0.299. The topological polar surface area (TPSA) is 64.0 Å². The molecule has 1 heterocycles. The van der Waals surface area contributed by atoms with Crippen molar-refractivity contribution < 1.29 is 4.79 Å². The normalized spacial score (nSPS) is 23.9. The minimum absolute atomic E-state index is 0.133. The molecule has 3 aromatic rings. The van der Waals surface area contributed by atoms with Gasteiger partial charge in [-0.2, -0.15) is 0 Å². The van der Waals surface area contributed by atoms with Crippen LogP contribution in [0.4, 0.5) is 0 Å². The Morgan fingerprint density at radius 3 is 2.48 bits per heavy atom. The van der Waals surface area contributed by atoms with Gasteiger partial charge in [0.15, 0.2) is 0 Å². The zero-order chi connectivity index (χ0) is 21.8. The van der Waals surface area contributed by atoms with Crippen molar-refractivity contribution in [3.63, 3.8) is 0 Å². The average molecular weight is 416 g/mol. The third-order valence-electron chi connectivity index (χ3n) is 7.81. The molecule has 0 spiro atoms. The molecule has 3 aliphatic rings. The van der Waals surface area contributed by atoms with Gasteiger partial charge in [0.25, 0.3) is 5.56 Å². The summed E-state index contributed by atoms with van der Waals surface area (Å²) in [5.41, 5.74) is 5.59. The lowest BCUT2D eigenvalue weighted by molar-refractivity contribution is -0.129. The lowest BCUT2D eigenvalue weighted by Gasteiger charge is -2.60. The maximum atomic E-state index is 13.1. The Kier molecular flexibility index (Phi) is 4.72. The zero-order valence-electron chi connectivity index (χ0n) is 18.4. The van der Waals surface area contributed by atoms with Crippen LogP contribution in [-0.2, 0) is 4.79 Å². The summed E-state index contributed by atoms with van der Waals surface area (Å²) in [6, 6.07) is 15.5. The second-order valence-corrected chi connectivity index (χ2v) is 9.91. The summed E-state index contributed by atoms with van der Waals surface area (Å²) in [7, 11) is 0. The molecule has 3 aliphatic carbocycles. The monoisotopic (exact) mass is 415 g/mol. The van der Waals surface area contributed by atoms with Gasteiger partial charge in [-0.25, -0.2) is 5.43 Å². The summed E-state index contributed by atoms with van der Waals surface area (Å²) in [6.07, 6.45) is 3.98. The van der Waals surface area contributed by atoms with E-state index in [4.69, 9.17) is 0 Å². The molecule has 0 unspecified atom stereocenters. The van der Waals surface area contributed by atoms with Gasteiger partial charge in [-0.15, -0.1) is 9.89 Å². The van der Waals surface area contributed by atoms with Crippen LogP contribution in [0, 0.1) is 30.1 Å². The predicted molar refractivity (Wildman–Crippen MR) is 123 cm³/mol. The number of hydrogen-bond acceptors (Lipinski definition) is 3. The second-order valence-electron chi connectivity index (χ2n) is 9.91. The fraction of sp³-hybridized carbons (Fsp3) is 0.423. The van der Waals surface area contributed by atoms with Crippen molar-refractivity contribution in [2.75, 3.05) is 5.43 Å². The number of fused-ring (bicyclic) bond motifs is 3. The van der Waals surface area contributed by atoms with Gasteiger partial charge in [0.05, 0.1) is 5.39 Å². The first-order valence-corrected chi connectivity index (χ1v) is 11.2. The largest absolute Gasteiger partial charge is 0.294 e. The Morgan fingerprint density at radius 2 is 1.81 bits per heavy atom. The van der Waals surface area contributed by atoms with E-state index in [-0.39, 0.29) is 11.5 Å². The van der Waals surface area contributed by atoms with Crippen LogP contribution in [0.25, 0.3) is 22.0 Å². The number of nitrogens with one attached hydrogen (secondary N) is 1. The number of benzene rings is 2. The van der Waals surface area contributed by atoms with E-state index in [1.807, 2.05) is 49.4 Å². The quantitative estimate of drug-likeness (QED) is 0.659. The van der Waals surface area contributed by atoms with Crippen LogP contribution >= 0.6 is 0 Å². The first-order chi connectivity index (χ1) is 14.8. The molecule has 31 heavy (non-hydrogen) atoms. The molecule has 3 fully saturated rings. The molecule has 0 radical (unpaired) electrons. The number of amides is 1. The smallest absolute Gasteiger partial charge is 0.273 e. The van der Waals surface area contributed by atoms with Gasteiger partial charge in [-0.05, 0) is 55.4 Å². The highest BCUT2D eigenvalue weighted by Crippen LogP contribution is 2.61. The summed E-state index contributed by atoms with van der Waals surface area (Å²) >= 11 is 0. The van der Waals surface area contributed by atoms with Gasteiger partial charge in [0, 0.05) is 17.4 Å². The Morgan fingerprint density at radius 1 is 1.10 bits per heavy atom. The molecule has 5 nitrogen and oxygen atoms in total. The molecular formula is C26H29N3O2. The number of carbonyl (C=O) groups is 1. The Bertz CT molecular complexity index is 1210. The van der Waals surface area contributed by atoms with Gasteiger partial charge in [0.2, 0.25) is 5.91 Å². The first-order valence-electron chi connectivity index (χ1n) is 11.2. The second kappa shape index (κ2) is 7.33. The molecule has 5 heteroatoms. The van der Waals surface area contributed by atoms with E-state index in [0.717, 1.165) is 33.6 Å². The number of hydrogen-bond donors (Lipinski definition) is 1. The molecule has 3 atom stereocenters. The molecule has 1 aromatic heterocycles. The van der Waals surface area contributed by atoms with Gasteiger partial charge >= 0.3 is 0 Å². The van der Waals surface area contributed by atoms with Crippen molar-refractivity contribution in [1.82, 2.24) is 9.89 Å². The molecule has 6 rings (SSSR count). The van der Waals surface area contributed by atoms with Crippen molar-refractivity contribution in [1.29, 1.82) is 0 Å². The summed E-state index contributed by atoms with van der Waals surface area (Å²) in [5.74, 6) is 1.65. The van der Waals surface area contributed by atoms with Gasteiger partial charge in [-0.3, -0.25) is 9.59 Å². The first kappa shape index (κ1) is 20.0. The molecular weight excluding hydrogens is 386 g/mol. The number of aryl methyl sites for hydroxylation is 1. The molecule has 0 aliphatic heterocycles. The molecule has 1 amide bonds. The maximum absolute atomic E-state index is 13.1. The molecule has 160 valence electrons. The minimum Gasteiger partial charge on any atom is -0.273 e. The number of carbonyl (C=O) groups excluding carboxylic acids is 1. The van der Waals surface area contributed by atoms with Crippen LogP contribution < -0.4 is 11.0 Å². The van der Waals surface area contributed by atoms with Gasteiger partial charge in [-0.1, -0.05) is 61.9 Å². The molecule has 2 bridgehead atoms. The number of nitrogens with zero attached hydrogens (tertiary/aromatic N) is 2. The SMILES string of the molecule is Cc1ccc(-c2nn(NC(=O)C[C@@H]3CC[C@H]4C[C@H]3C4(C)C)c(=O)c3ccccc23)cc1. The van der Waals surface area contributed by atoms with Gasteiger partial charge < -0.3 is 0 Å². The fourth-order valence-electron chi connectivity index (χ4n) is 5.80. The third-order valence-corrected chi connectivity index (χ3v) is 7.81. The van der Waals surface area contributed by atoms with E-state index in [0.29, 0.717) is 34.8 Å².